The van der Waals surface area contributed by atoms with Crippen molar-refractivity contribution in [1.82, 2.24) is 14.3 Å². The lowest BCUT2D eigenvalue weighted by Crippen LogP contribution is -2.51. The highest BCUT2D eigenvalue weighted by Crippen LogP contribution is 2.20. The maximum absolute atomic E-state index is 12.5. The predicted molar refractivity (Wildman–Crippen MR) is 85.5 cm³/mol. The maximum Gasteiger partial charge on any atom is 0.280 e. The number of hydrogen-bond donors (Lipinski definition) is 2. The fourth-order valence-corrected chi connectivity index (χ4v) is 4.27. The molecule has 1 heterocycles. The zero-order valence-corrected chi connectivity index (χ0v) is 13.8. The van der Waals surface area contributed by atoms with Crippen molar-refractivity contribution < 1.29 is 8.42 Å². The van der Waals surface area contributed by atoms with Crippen molar-refractivity contribution in [3.05, 3.63) is 34.9 Å². The molecule has 118 valence electrons. The van der Waals surface area contributed by atoms with E-state index in [1.165, 1.54) is 0 Å². The molecule has 5 nitrogen and oxygen atoms in total. The van der Waals surface area contributed by atoms with Crippen LogP contribution in [0, 0.1) is 0 Å². The third-order valence-electron chi connectivity index (χ3n) is 3.72. The summed E-state index contributed by atoms with van der Waals surface area (Å²) in [7, 11) is -1.64. The molecule has 1 fully saturated rings. The lowest BCUT2D eigenvalue weighted by Gasteiger charge is -2.34. The Morgan fingerprint density at radius 1 is 1.33 bits per heavy atom. The van der Waals surface area contributed by atoms with Gasteiger partial charge >= 0.3 is 0 Å². The van der Waals surface area contributed by atoms with Gasteiger partial charge in [0.15, 0.2) is 0 Å². The van der Waals surface area contributed by atoms with Crippen LogP contribution in [0.4, 0.5) is 0 Å². The Hall–Kier alpha value is -0.660. The highest BCUT2D eigenvalue weighted by molar-refractivity contribution is 7.87. The van der Waals surface area contributed by atoms with Gasteiger partial charge in [0.1, 0.15) is 0 Å². The molecule has 0 aliphatic carbocycles. The van der Waals surface area contributed by atoms with Crippen molar-refractivity contribution in [1.29, 1.82) is 0 Å². The van der Waals surface area contributed by atoms with E-state index < -0.39 is 10.2 Å². The van der Waals surface area contributed by atoms with Crippen LogP contribution < -0.4 is 10.0 Å². The summed E-state index contributed by atoms with van der Waals surface area (Å²) in [6.07, 6.45) is 2.88. The maximum atomic E-state index is 12.5. The largest absolute Gasteiger partial charge is 0.318 e. The zero-order chi connectivity index (χ0) is 15.3. The molecule has 1 aliphatic rings. The van der Waals surface area contributed by atoms with Crippen LogP contribution in [0.2, 0.25) is 5.02 Å². The number of rotatable bonds is 6. The van der Waals surface area contributed by atoms with Gasteiger partial charge in [0, 0.05) is 30.7 Å². The summed E-state index contributed by atoms with van der Waals surface area (Å²) >= 11 is 6.06. The van der Waals surface area contributed by atoms with E-state index in [1.54, 1.807) is 10.4 Å². The zero-order valence-electron chi connectivity index (χ0n) is 12.2. The van der Waals surface area contributed by atoms with Crippen molar-refractivity contribution >= 4 is 21.8 Å². The minimum absolute atomic E-state index is 0.0208. The van der Waals surface area contributed by atoms with Crippen molar-refractivity contribution in [2.24, 2.45) is 0 Å². The number of nitrogens with one attached hydrogen (secondary N) is 2. The number of halogens is 1. The Balaban J connectivity index is 2.05. The first kappa shape index (κ1) is 16.7. The first-order valence-corrected chi connectivity index (χ1v) is 9.01. The van der Waals surface area contributed by atoms with Crippen LogP contribution in [-0.4, -0.2) is 38.9 Å². The average Bonchev–Trinajstić information content (AvgIpc) is 2.47. The molecule has 0 spiro atoms. The van der Waals surface area contributed by atoms with E-state index in [-0.39, 0.29) is 12.6 Å². The number of benzene rings is 1. The van der Waals surface area contributed by atoms with Crippen LogP contribution in [0.3, 0.4) is 0 Å². The van der Waals surface area contributed by atoms with Gasteiger partial charge in [0.05, 0.1) is 0 Å². The molecule has 1 aromatic rings. The minimum atomic E-state index is -3.48. The lowest BCUT2D eigenvalue weighted by molar-refractivity contribution is 0.246. The van der Waals surface area contributed by atoms with Crippen molar-refractivity contribution in [3.63, 3.8) is 0 Å². The molecule has 0 bridgehead atoms. The third-order valence-corrected chi connectivity index (χ3v) is 5.70. The molecule has 0 amide bonds. The third kappa shape index (κ3) is 4.40. The smallest absolute Gasteiger partial charge is 0.280 e. The SMILES string of the molecule is CNCC1CCCCN1S(=O)(=O)NCc1ccccc1Cl. The number of hydrogen-bond acceptors (Lipinski definition) is 3. The number of nitrogens with zero attached hydrogens (tertiary/aromatic N) is 1. The van der Waals surface area contributed by atoms with Crippen LogP contribution in [0.25, 0.3) is 0 Å². The molecule has 1 atom stereocenters. The Bertz CT molecular complexity index is 563. The van der Waals surface area contributed by atoms with Crippen LogP contribution in [-0.2, 0) is 16.8 Å². The summed E-state index contributed by atoms with van der Waals surface area (Å²) in [4.78, 5) is 0. The Morgan fingerprint density at radius 3 is 2.81 bits per heavy atom. The molecule has 2 N–H and O–H groups in total. The number of likely N-dealkylation sites (N-methyl/N-ethyl adjacent to an activating group) is 1. The first-order valence-electron chi connectivity index (χ1n) is 7.19. The Kier molecular flexibility index (Phi) is 6.01. The monoisotopic (exact) mass is 331 g/mol. The molecule has 7 heteroatoms. The quantitative estimate of drug-likeness (QED) is 0.835. The fourth-order valence-electron chi connectivity index (χ4n) is 2.62. The van der Waals surface area contributed by atoms with Gasteiger partial charge < -0.3 is 5.32 Å². The fraction of sp³-hybridized carbons (Fsp3) is 0.571. The molecule has 0 aromatic heterocycles. The van der Waals surface area contributed by atoms with Gasteiger partial charge in [0.2, 0.25) is 0 Å². The normalized spacial score (nSPS) is 20.6. The van der Waals surface area contributed by atoms with Gasteiger partial charge in [-0.2, -0.15) is 17.4 Å². The highest BCUT2D eigenvalue weighted by atomic mass is 35.5. The molecule has 0 radical (unpaired) electrons. The Morgan fingerprint density at radius 2 is 2.10 bits per heavy atom. The van der Waals surface area contributed by atoms with Crippen LogP contribution in [0.15, 0.2) is 24.3 Å². The van der Waals surface area contributed by atoms with Gasteiger partial charge in [-0.3, -0.25) is 0 Å². The molecule has 1 aliphatic heterocycles. The second kappa shape index (κ2) is 7.56. The standard InChI is InChI=1S/C14H22ClN3O2S/c1-16-11-13-7-4-5-9-18(13)21(19,20)17-10-12-6-2-3-8-14(12)15/h2-3,6,8,13,16-17H,4-5,7,9-11H2,1H3. The first-order chi connectivity index (χ1) is 10.0. The van der Waals surface area contributed by atoms with Crippen molar-refractivity contribution in [3.8, 4) is 0 Å². The van der Waals surface area contributed by atoms with E-state index in [9.17, 15) is 8.42 Å². The predicted octanol–water partition coefficient (Wildman–Crippen LogP) is 1.75. The molecule has 21 heavy (non-hydrogen) atoms. The molecule has 1 unspecified atom stereocenters. The van der Waals surface area contributed by atoms with Gasteiger partial charge in [-0.1, -0.05) is 36.2 Å². The van der Waals surface area contributed by atoms with Gasteiger partial charge in [-0.25, -0.2) is 0 Å². The van der Waals surface area contributed by atoms with E-state index >= 15 is 0 Å². The highest BCUT2D eigenvalue weighted by Gasteiger charge is 2.31. The van der Waals surface area contributed by atoms with E-state index in [4.69, 9.17) is 11.6 Å². The van der Waals surface area contributed by atoms with E-state index in [0.717, 1.165) is 24.8 Å². The summed E-state index contributed by atoms with van der Waals surface area (Å²) in [6.45, 7) is 1.46. The van der Waals surface area contributed by atoms with E-state index in [2.05, 4.69) is 10.0 Å². The summed E-state index contributed by atoms with van der Waals surface area (Å²) in [5.74, 6) is 0. The van der Waals surface area contributed by atoms with Gasteiger partial charge in [-0.05, 0) is 31.5 Å². The van der Waals surface area contributed by atoms with E-state index in [1.807, 2.05) is 25.2 Å². The van der Waals surface area contributed by atoms with Crippen LogP contribution >= 0.6 is 11.6 Å². The topological polar surface area (TPSA) is 61.4 Å². The van der Waals surface area contributed by atoms with Gasteiger partial charge in [-0.15, -0.1) is 0 Å². The van der Waals surface area contributed by atoms with Gasteiger partial charge in [0.25, 0.3) is 10.2 Å². The molecular formula is C14H22ClN3O2S. The molecule has 1 saturated heterocycles. The summed E-state index contributed by atoms with van der Waals surface area (Å²) < 4.78 is 29.2. The van der Waals surface area contributed by atoms with Crippen LogP contribution in [0.5, 0.6) is 0 Å². The lowest BCUT2D eigenvalue weighted by atomic mass is 10.1. The average molecular weight is 332 g/mol. The molecular weight excluding hydrogens is 310 g/mol. The van der Waals surface area contributed by atoms with E-state index in [0.29, 0.717) is 18.1 Å². The Labute approximate surface area is 131 Å². The second-order valence-electron chi connectivity index (χ2n) is 5.24. The summed E-state index contributed by atoms with van der Waals surface area (Å²) in [5, 5.41) is 3.64. The molecule has 1 aromatic carbocycles. The molecule has 2 rings (SSSR count). The summed E-state index contributed by atoms with van der Waals surface area (Å²) in [5.41, 5.74) is 0.782. The second-order valence-corrected chi connectivity index (χ2v) is 7.35. The summed E-state index contributed by atoms with van der Waals surface area (Å²) in [6, 6.07) is 7.28. The van der Waals surface area contributed by atoms with Crippen molar-refractivity contribution in [2.45, 2.75) is 31.8 Å². The van der Waals surface area contributed by atoms with Crippen LogP contribution in [0.1, 0.15) is 24.8 Å². The van der Waals surface area contributed by atoms with Crippen molar-refractivity contribution in [2.75, 3.05) is 20.1 Å². The minimum Gasteiger partial charge on any atom is -0.318 e. The molecule has 0 saturated carbocycles. The number of piperidine rings is 1.